The molecule has 7 nitrogen and oxygen atoms in total. The Hall–Kier alpha value is -3.91. The number of carbonyl (C=O) groups excluding carboxylic acids is 2. The summed E-state index contributed by atoms with van der Waals surface area (Å²) in [5.74, 6) is -0.582. The van der Waals surface area contributed by atoms with Gasteiger partial charge in [0.05, 0.1) is 22.3 Å². The molecule has 0 saturated carbocycles. The van der Waals surface area contributed by atoms with Crippen LogP contribution < -0.4 is 16.2 Å². The first-order valence-electron chi connectivity index (χ1n) is 9.89. The molecular formula is C24H20N4O3S. The van der Waals surface area contributed by atoms with Crippen molar-refractivity contribution in [1.29, 1.82) is 0 Å². The standard InChI is InChI=1S/C24H20N4O3S/c1-16-8-7-9-17(14-16)25-23(31)27-21(29)15-32-24-26-20-13-6-5-12-19(20)22(30)28(24)18-10-3-2-4-11-18/h2-14H,15H2,1H3,(H2,25,27,29,31). The van der Waals surface area contributed by atoms with Gasteiger partial charge in [-0.25, -0.2) is 9.78 Å². The van der Waals surface area contributed by atoms with Crippen LogP contribution in [-0.2, 0) is 4.79 Å². The van der Waals surface area contributed by atoms with Gasteiger partial charge in [0.2, 0.25) is 5.91 Å². The van der Waals surface area contributed by atoms with Crippen LogP contribution in [0.4, 0.5) is 10.5 Å². The highest BCUT2D eigenvalue weighted by Gasteiger charge is 2.15. The van der Waals surface area contributed by atoms with E-state index in [4.69, 9.17) is 0 Å². The van der Waals surface area contributed by atoms with Gasteiger partial charge in [-0.3, -0.25) is 19.5 Å². The number of nitrogens with zero attached hydrogens (tertiary/aromatic N) is 2. The number of anilines is 1. The Morgan fingerprint density at radius 2 is 1.72 bits per heavy atom. The molecule has 160 valence electrons. The smallest absolute Gasteiger partial charge is 0.308 e. The van der Waals surface area contributed by atoms with Crippen LogP contribution in [0.3, 0.4) is 0 Å². The van der Waals surface area contributed by atoms with Gasteiger partial charge in [-0.2, -0.15) is 0 Å². The molecule has 1 heterocycles. The first-order valence-corrected chi connectivity index (χ1v) is 10.9. The molecule has 32 heavy (non-hydrogen) atoms. The zero-order valence-electron chi connectivity index (χ0n) is 17.2. The molecule has 0 fully saturated rings. The van der Waals surface area contributed by atoms with Crippen molar-refractivity contribution in [2.24, 2.45) is 0 Å². The van der Waals surface area contributed by atoms with Gasteiger partial charge < -0.3 is 5.32 Å². The largest absolute Gasteiger partial charge is 0.325 e. The van der Waals surface area contributed by atoms with Gasteiger partial charge >= 0.3 is 6.03 Å². The van der Waals surface area contributed by atoms with Crippen LogP contribution in [0.2, 0.25) is 0 Å². The predicted molar refractivity (Wildman–Crippen MR) is 126 cm³/mol. The van der Waals surface area contributed by atoms with Crippen LogP contribution >= 0.6 is 11.8 Å². The van der Waals surface area contributed by atoms with E-state index >= 15 is 0 Å². The minimum atomic E-state index is -0.617. The first-order chi connectivity index (χ1) is 15.5. The van der Waals surface area contributed by atoms with E-state index in [-0.39, 0.29) is 11.3 Å². The van der Waals surface area contributed by atoms with Crippen molar-refractivity contribution in [2.45, 2.75) is 12.1 Å². The van der Waals surface area contributed by atoms with Crippen molar-refractivity contribution in [3.63, 3.8) is 0 Å². The van der Waals surface area contributed by atoms with Crippen LogP contribution in [0.1, 0.15) is 5.56 Å². The van der Waals surface area contributed by atoms with Gasteiger partial charge in [0, 0.05) is 5.69 Å². The number of carbonyl (C=O) groups is 2. The van der Waals surface area contributed by atoms with Crippen molar-refractivity contribution in [1.82, 2.24) is 14.9 Å². The normalized spacial score (nSPS) is 10.7. The van der Waals surface area contributed by atoms with Gasteiger partial charge in [-0.05, 0) is 48.9 Å². The lowest BCUT2D eigenvalue weighted by atomic mass is 10.2. The number of fused-ring (bicyclic) bond motifs is 1. The molecule has 0 aliphatic carbocycles. The zero-order chi connectivity index (χ0) is 22.5. The molecule has 0 aliphatic heterocycles. The van der Waals surface area contributed by atoms with E-state index in [2.05, 4.69) is 15.6 Å². The average Bonchev–Trinajstić information content (AvgIpc) is 2.78. The Morgan fingerprint density at radius 1 is 0.969 bits per heavy atom. The minimum absolute atomic E-state index is 0.0845. The average molecular weight is 445 g/mol. The van der Waals surface area contributed by atoms with E-state index in [0.717, 1.165) is 17.3 Å². The summed E-state index contributed by atoms with van der Waals surface area (Å²) in [5.41, 5.74) is 2.56. The summed E-state index contributed by atoms with van der Waals surface area (Å²) in [5, 5.41) is 5.79. The number of hydrogen-bond acceptors (Lipinski definition) is 5. The SMILES string of the molecule is Cc1cccc(NC(=O)NC(=O)CSc2nc3ccccc3c(=O)n2-c2ccccc2)c1. The molecule has 0 atom stereocenters. The molecule has 3 aromatic carbocycles. The third-order valence-electron chi connectivity index (χ3n) is 4.62. The summed E-state index contributed by atoms with van der Waals surface area (Å²) >= 11 is 1.09. The molecular weight excluding hydrogens is 424 g/mol. The summed E-state index contributed by atoms with van der Waals surface area (Å²) < 4.78 is 1.48. The van der Waals surface area contributed by atoms with E-state index < -0.39 is 11.9 Å². The van der Waals surface area contributed by atoms with E-state index in [1.807, 2.05) is 37.3 Å². The number of aromatic nitrogens is 2. The molecule has 0 bridgehead atoms. The van der Waals surface area contributed by atoms with Crippen LogP contribution in [0.15, 0.2) is 88.8 Å². The highest BCUT2D eigenvalue weighted by molar-refractivity contribution is 7.99. The Morgan fingerprint density at radius 3 is 2.50 bits per heavy atom. The fourth-order valence-electron chi connectivity index (χ4n) is 3.19. The predicted octanol–water partition coefficient (Wildman–Crippen LogP) is 4.13. The van der Waals surface area contributed by atoms with Crippen molar-refractivity contribution < 1.29 is 9.59 Å². The molecule has 4 aromatic rings. The molecule has 4 rings (SSSR count). The zero-order valence-corrected chi connectivity index (χ0v) is 18.1. The van der Waals surface area contributed by atoms with Gasteiger partial charge in [0.15, 0.2) is 5.16 Å². The van der Waals surface area contributed by atoms with Crippen LogP contribution in [-0.4, -0.2) is 27.2 Å². The number of amides is 3. The number of imide groups is 1. The Balaban J connectivity index is 1.53. The second-order valence-corrected chi connectivity index (χ2v) is 7.99. The Kier molecular flexibility index (Phi) is 6.32. The third kappa shape index (κ3) is 4.87. The monoisotopic (exact) mass is 444 g/mol. The molecule has 3 amide bonds. The number of thioether (sulfide) groups is 1. The lowest BCUT2D eigenvalue weighted by Crippen LogP contribution is -2.35. The molecule has 0 spiro atoms. The Labute approximate surface area is 188 Å². The molecule has 0 saturated heterocycles. The van der Waals surface area contributed by atoms with Crippen molar-refractivity contribution >= 4 is 40.3 Å². The van der Waals surface area contributed by atoms with Crippen LogP contribution in [0.25, 0.3) is 16.6 Å². The maximum absolute atomic E-state index is 13.1. The maximum Gasteiger partial charge on any atom is 0.325 e. The van der Waals surface area contributed by atoms with Gasteiger partial charge in [-0.1, -0.05) is 54.2 Å². The number of nitrogens with one attached hydrogen (secondary N) is 2. The van der Waals surface area contributed by atoms with Crippen molar-refractivity contribution in [2.75, 3.05) is 11.1 Å². The van der Waals surface area contributed by atoms with Gasteiger partial charge in [0.25, 0.3) is 5.56 Å². The molecule has 2 N–H and O–H groups in total. The van der Waals surface area contributed by atoms with Gasteiger partial charge in [0.1, 0.15) is 0 Å². The maximum atomic E-state index is 13.1. The number of aryl methyl sites for hydroxylation is 1. The number of hydrogen-bond donors (Lipinski definition) is 2. The van der Waals surface area contributed by atoms with E-state index in [9.17, 15) is 14.4 Å². The topological polar surface area (TPSA) is 93.1 Å². The van der Waals surface area contributed by atoms with Gasteiger partial charge in [-0.15, -0.1) is 0 Å². The fraction of sp³-hybridized carbons (Fsp3) is 0.0833. The van der Waals surface area contributed by atoms with E-state index in [0.29, 0.717) is 27.4 Å². The Bertz CT molecular complexity index is 1350. The minimum Gasteiger partial charge on any atom is -0.308 e. The summed E-state index contributed by atoms with van der Waals surface area (Å²) in [6, 6.07) is 22.8. The number of benzene rings is 3. The molecule has 0 unspecified atom stereocenters. The van der Waals surface area contributed by atoms with Crippen LogP contribution in [0.5, 0.6) is 0 Å². The van der Waals surface area contributed by atoms with Crippen molar-refractivity contribution in [3.05, 3.63) is 94.8 Å². The number of urea groups is 1. The molecule has 0 radical (unpaired) electrons. The summed E-state index contributed by atoms with van der Waals surface area (Å²) in [4.78, 5) is 42.2. The second kappa shape index (κ2) is 9.49. The summed E-state index contributed by atoms with van der Waals surface area (Å²) in [6.07, 6.45) is 0. The molecule has 1 aromatic heterocycles. The van der Waals surface area contributed by atoms with Crippen LogP contribution in [0, 0.1) is 6.92 Å². The summed E-state index contributed by atoms with van der Waals surface area (Å²) in [6.45, 7) is 1.91. The lowest BCUT2D eigenvalue weighted by Gasteiger charge is -2.13. The number of para-hydroxylation sites is 2. The van der Waals surface area contributed by atoms with E-state index in [1.54, 1.807) is 48.5 Å². The quantitative estimate of drug-likeness (QED) is 0.357. The molecule has 8 heteroatoms. The van der Waals surface area contributed by atoms with Crippen molar-refractivity contribution in [3.8, 4) is 5.69 Å². The van der Waals surface area contributed by atoms with E-state index in [1.165, 1.54) is 4.57 Å². The highest BCUT2D eigenvalue weighted by Crippen LogP contribution is 2.21. The fourth-order valence-corrected chi connectivity index (χ4v) is 4.00. The summed E-state index contributed by atoms with van der Waals surface area (Å²) in [7, 11) is 0. The first kappa shape index (κ1) is 21.3. The third-order valence-corrected chi connectivity index (χ3v) is 5.56. The lowest BCUT2D eigenvalue weighted by molar-refractivity contribution is -0.117. The molecule has 0 aliphatic rings. The second-order valence-electron chi connectivity index (χ2n) is 7.05. The number of rotatable bonds is 5. The highest BCUT2D eigenvalue weighted by atomic mass is 32.2.